The molecule has 2 heterocycles. The maximum Gasteiger partial charge on any atom is 0.126 e. The van der Waals surface area contributed by atoms with E-state index in [1.807, 2.05) is 18.2 Å². The SMILES string of the molecule is CC(CNC(c1ccco1)c1ccc(Cl)s1)C1CC1. The lowest BCUT2D eigenvalue weighted by molar-refractivity contribution is 0.402. The quantitative estimate of drug-likeness (QED) is 0.834. The normalized spacial score (nSPS) is 18.4. The second kappa shape index (κ2) is 5.70. The minimum absolute atomic E-state index is 0.119. The van der Waals surface area contributed by atoms with Crippen LogP contribution < -0.4 is 5.32 Å². The molecule has 1 fully saturated rings. The number of hydrogen-bond donors (Lipinski definition) is 1. The Kier molecular flexibility index (Phi) is 3.96. The zero-order valence-corrected chi connectivity index (χ0v) is 12.5. The van der Waals surface area contributed by atoms with Gasteiger partial charge in [-0.15, -0.1) is 11.3 Å². The lowest BCUT2D eigenvalue weighted by Crippen LogP contribution is -2.27. The predicted molar refractivity (Wildman–Crippen MR) is 79.8 cm³/mol. The third-order valence-electron chi connectivity index (χ3n) is 3.78. The molecule has 1 saturated carbocycles. The van der Waals surface area contributed by atoms with Crippen molar-refractivity contribution in [3.05, 3.63) is 45.5 Å². The number of thiophene rings is 1. The molecule has 2 aromatic heterocycles. The van der Waals surface area contributed by atoms with Gasteiger partial charge in [-0.2, -0.15) is 0 Å². The molecule has 0 bridgehead atoms. The van der Waals surface area contributed by atoms with Gasteiger partial charge in [0.2, 0.25) is 0 Å². The van der Waals surface area contributed by atoms with E-state index in [0.717, 1.165) is 28.5 Å². The fourth-order valence-corrected chi connectivity index (χ4v) is 3.56. The van der Waals surface area contributed by atoms with Crippen molar-refractivity contribution in [3.63, 3.8) is 0 Å². The highest BCUT2D eigenvalue weighted by Gasteiger charge is 2.29. The number of furan rings is 1. The van der Waals surface area contributed by atoms with Crippen molar-refractivity contribution in [1.29, 1.82) is 0 Å². The van der Waals surface area contributed by atoms with Crippen LogP contribution in [0.2, 0.25) is 4.34 Å². The van der Waals surface area contributed by atoms with Gasteiger partial charge in [-0.1, -0.05) is 18.5 Å². The summed E-state index contributed by atoms with van der Waals surface area (Å²) in [6.45, 7) is 3.34. The molecule has 0 saturated heterocycles. The molecule has 1 N–H and O–H groups in total. The molecule has 1 aliphatic rings. The molecule has 2 aromatic rings. The average Bonchev–Trinajstić information content (AvgIpc) is 2.95. The summed E-state index contributed by atoms with van der Waals surface area (Å²) >= 11 is 7.66. The van der Waals surface area contributed by atoms with Crippen LogP contribution in [-0.4, -0.2) is 6.54 Å². The van der Waals surface area contributed by atoms with E-state index < -0.39 is 0 Å². The van der Waals surface area contributed by atoms with Crippen LogP contribution in [0, 0.1) is 11.8 Å². The van der Waals surface area contributed by atoms with Gasteiger partial charge in [-0.05, 0) is 55.5 Å². The molecular formula is C15H18ClNOS. The lowest BCUT2D eigenvalue weighted by atomic mass is 10.1. The Balaban J connectivity index is 1.72. The van der Waals surface area contributed by atoms with E-state index in [4.69, 9.17) is 16.0 Å². The van der Waals surface area contributed by atoms with Gasteiger partial charge in [-0.3, -0.25) is 0 Å². The highest BCUT2D eigenvalue weighted by atomic mass is 35.5. The minimum atomic E-state index is 0.119. The second-order valence-corrected chi connectivity index (χ2v) is 7.06. The fraction of sp³-hybridized carbons (Fsp3) is 0.467. The Morgan fingerprint density at radius 3 is 2.84 bits per heavy atom. The van der Waals surface area contributed by atoms with Crippen molar-refractivity contribution in [2.75, 3.05) is 6.54 Å². The van der Waals surface area contributed by atoms with Crippen molar-refractivity contribution < 1.29 is 4.42 Å². The van der Waals surface area contributed by atoms with Gasteiger partial charge < -0.3 is 9.73 Å². The van der Waals surface area contributed by atoms with Gasteiger partial charge in [0.25, 0.3) is 0 Å². The molecule has 0 aliphatic heterocycles. The van der Waals surface area contributed by atoms with Gasteiger partial charge in [0.05, 0.1) is 10.6 Å². The van der Waals surface area contributed by atoms with E-state index >= 15 is 0 Å². The summed E-state index contributed by atoms with van der Waals surface area (Å²) in [5, 5.41) is 3.63. The fourth-order valence-electron chi connectivity index (χ4n) is 2.42. The van der Waals surface area contributed by atoms with Crippen LogP contribution in [-0.2, 0) is 0 Å². The molecule has 2 atom stereocenters. The van der Waals surface area contributed by atoms with E-state index in [-0.39, 0.29) is 6.04 Å². The van der Waals surface area contributed by atoms with Gasteiger partial charge in [0.1, 0.15) is 11.8 Å². The van der Waals surface area contributed by atoms with Crippen LogP contribution in [0.3, 0.4) is 0 Å². The van der Waals surface area contributed by atoms with Crippen molar-refractivity contribution in [3.8, 4) is 0 Å². The average molecular weight is 296 g/mol. The maximum absolute atomic E-state index is 6.05. The summed E-state index contributed by atoms with van der Waals surface area (Å²) < 4.78 is 6.39. The first kappa shape index (κ1) is 13.2. The molecule has 0 aromatic carbocycles. The van der Waals surface area contributed by atoms with E-state index in [9.17, 15) is 0 Å². The number of rotatable bonds is 6. The minimum Gasteiger partial charge on any atom is -0.467 e. The Morgan fingerprint density at radius 2 is 2.26 bits per heavy atom. The largest absolute Gasteiger partial charge is 0.467 e. The van der Waals surface area contributed by atoms with Crippen LogP contribution in [0.1, 0.15) is 36.4 Å². The Bertz CT molecular complexity index is 518. The van der Waals surface area contributed by atoms with Crippen molar-refractivity contribution in [1.82, 2.24) is 5.32 Å². The standard InChI is InChI=1S/C15H18ClNOS/c1-10(11-4-5-11)9-17-15(12-3-2-8-18-12)13-6-7-14(16)19-13/h2-3,6-8,10-11,15,17H,4-5,9H2,1H3. The number of hydrogen-bond acceptors (Lipinski definition) is 3. The predicted octanol–water partition coefficient (Wildman–Crippen LogP) is 4.72. The summed E-state index contributed by atoms with van der Waals surface area (Å²) in [5.41, 5.74) is 0. The lowest BCUT2D eigenvalue weighted by Gasteiger charge is -2.18. The van der Waals surface area contributed by atoms with Crippen LogP contribution in [0.4, 0.5) is 0 Å². The first-order chi connectivity index (χ1) is 9.24. The smallest absolute Gasteiger partial charge is 0.126 e. The molecule has 19 heavy (non-hydrogen) atoms. The molecule has 0 radical (unpaired) electrons. The highest BCUT2D eigenvalue weighted by molar-refractivity contribution is 7.16. The topological polar surface area (TPSA) is 25.2 Å². The van der Waals surface area contributed by atoms with Crippen molar-refractivity contribution >= 4 is 22.9 Å². The van der Waals surface area contributed by atoms with E-state index in [1.165, 1.54) is 17.7 Å². The number of halogens is 1. The summed E-state index contributed by atoms with van der Waals surface area (Å²) in [6.07, 6.45) is 4.50. The Labute approximate surface area is 122 Å². The van der Waals surface area contributed by atoms with Crippen LogP contribution in [0.15, 0.2) is 34.9 Å². The third kappa shape index (κ3) is 3.22. The van der Waals surface area contributed by atoms with Crippen LogP contribution >= 0.6 is 22.9 Å². The maximum atomic E-state index is 6.05. The molecule has 4 heteroatoms. The second-order valence-electron chi connectivity index (χ2n) is 5.31. The number of nitrogens with one attached hydrogen (secondary N) is 1. The molecule has 3 rings (SSSR count). The zero-order chi connectivity index (χ0) is 13.2. The van der Waals surface area contributed by atoms with E-state index in [0.29, 0.717) is 0 Å². The summed E-state index contributed by atoms with van der Waals surface area (Å²) in [6, 6.07) is 8.10. The van der Waals surface area contributed by atoms with E-state index in [1.54, 1.807) is 17.6 Å². The summed E-state index contributed by atoms with van der Waals surface area (Å²) in [5.74, 6) is 2.60. The molecule has 102 valence electrons. The first-order valence-corrected chi connectivity index (χ1v) is 7.95. The van der Waals surface area contributed by atoms with Crippen LogP contribution in [0.5, 0.6) is 0 Å². The molecule has 2 nitrogen and oxygen atoms in total. The molecule has 0 amide bonds. The molecule has 0 spiro atoms. The summed E-state index contributed by atoms with van der Waals surface area (Å²) in [7, 11) is 0. The van der Waals surface area contributed by atoms with E-state index in [2.05, 4.69) is 18.3 Å². The van der Waals surface area contributed by atoms with Gasteiger partial charge in [0.15, 0.2) is 0 Å². The highest BCUT2D eigenvalue weighted by Crippen LogP contribution is 2.37. The zero-order valence-electron chi connectivity index (χ0n) is 10.9. The summed E-state index contributed by atoms with van der Waals surface area (Å²) in [4.78, 5) is 1.21. The first-order valence-electron chi connectivity index (χ1n) is 6.76. The monoisotopic (exact) mass is 295 g/mol. The molecule has 1 aliphatic carbocycles. The van der Waals surface area contributed by atoms with Crippen LogP contribution in [0.25, 0.3) is 0 Å². The Hall–Kier alpha value is -0.770. The van der Waals surface area contributed by atoms with Crippen molar-refractivity contribution in [2.45, 2.75) is 25.8 Å². The van der Waals surface area contributed by atoms with Gasteiger partial charge in [-0.25, -0.2) is 0 Å². The molecule has 2 unspecified atom stereocenters. The Morgan fingerprint density at radius 1 is 1.42 bits per heavy atom. The molecular weight excluding hydrogens is 278 g/mol. The third-order valence-corrected chi connectivity index (χ3v) is 5.07. The van der Waals surface area contributed by atoms with Gasteiger partial charge >= 0.3 is 0 Å². The van der Waals surface area contributed by atoms with Crippen molar-refractivity contribution in [2.24, 2.45) is 11.8 Å². The van der Waals surface area contributed by atoms with Gasteiger partial charge in [0, 0.05) is 4.88 Å².